The first-order valence-corrected chi connectivity index (χ1v) is 14.0. The van der Waals surface area contributed by atoms with Crippen LogP contribution in [0, 0.1) is 20.2 Å². The molecule has 16 nitrogen and oxygen atoms in total. The summed E-state index contributed by atoms with van der Waals surface area (Å²) in [7, 11) is 0. The first-order chi connectivity index (χ1) is 20.9. The normalized spacial score (nSPS) is 13.8. The number of primary amides is 1. The molecule has 16 heteroatoms. The highest BCUT2D eigenvalue weighted by Crippen LogP contribution is 2.36. The van der Waals surface area contributed by atoms with E-state index in [9.17, 15) is 29.8 Å². The summed E-state index contributed by atoms with van der Waals surface area (Å²) in [6, 6.07) is 5.26. The molecular weight excluding hydrogens is 576 g/mol. The van der Waals surface area contributed by atoms with E-state index in [1.165, 1.54) is 24.4 Å². The molecule has 0 radical (unpaired) electrons. The highest BCUT2D eigenvalue weighted by atomic mass is 16.6. The number of nitrogens with two attached hydrogens (primary N) is 1. The summed E-state index contributed by atoms with van der Waals surface area (Å²) in [5, 5.41) is 28.8. The molecule has 2 heterocycles. The zero-order valence-corrected chi connectivity index (χ0v) is 25.0. The largest absolute Gasteiger partial charge is 0.491 e. The van der Waals surface area contributed by atoms with Crippen molar-refractivity contribution in [1.29, 1.82) is 0 Å². The summed E-state index contributed by atoms with van der Waals surface area (Å²) in [4.78, 5) is 53.8. The van der Waals surface area contributed by atoms with E-state index < -0.39 is 21.4 Å². The van der Waals surface area contributed by atoms with Crippen LogP contribution in [0.15, 0.2) is 42.6 Å². The van der Waals surface area contributed by atoms with Crippen LogP contribution in [0.25, 0.3) is 0 Å². The fraction of sp³-hybridized carbons (Fsp3) is 0.464. The van der Waals surface area contributed by atoms with Crippen LogP contribution in [0.1, 0.15) is 37.6 Å². The molecule has 2 aromatic rings. The van der Waals surface area contributed by atoms with Crippen LogP contribution in [0.4, 0.5) is 27.7 Å². The molecule has 1 aromatic heterocycles. The number of nitro groups is 2. The Balaban J connectivity index is 1.56. The van der Waals surface area contributed by atoms with E-state index in [1.54, 1.807) is 17.1 Å². The van der Waals surface area contributed by atoms with Crippen LogP contribution in [0.5, 0.6) is 5.75 Å². The second-order valence-electron chi connectivity index (χ2n) is 10.9. The molecule has 1 aliphatic rings. The van der Waals surface area contributed by atoms with Crippen molar-refractivity contribution in [3.63, 3.8) is 0 Å². The van der Waals surface area contributed by atoms with E-state index in [0.29, 0.717) is 39.1 Å². The number of ether oxygens (including phenoxy) is 2. The van der Waals surface area contributed by atoms with Crippen molar-refractivity contribution in [3.8, 4) is 5.75 Å². The number of amides is 2. The Labute approximate surface area is 254 Å². The van der Waals surface area contributed by atoms with Crippen molar-refractivity contribution in [2.24, 2.45) is 5.73 Å². The molecule has 0 unspecified atom stereocenters. The Bertz CT molecular complexity index is 1370. The molecule has 44 heavy (non-hydrogen) atoms. The minimum Gasteiger partial charge on any atom is -0.491 e. The number of pyridine rings is 1. The standard InChI is InChI=1S/C28H38N8O8/c1-28(2,3)44-27(38)34-15-13-33(14-16-34)12-7-17-43-23-19-20(25(29)37)18-22(36(41)42)24(23)30-9-4-5-10-31-26-21(35(39)40)8-6-11-32-26/h4-6,8,11,18-19,30H,7,9-10,12-17H2,1-3H3,(H2,29,37)(H,31,32)/b5-4+. The molecule has 3 rings (SSSR count). The Morgan fingerprint density at radius 1 is 1.05 bits per heavy atom. The van der Waals surface area contributed by atoms with Crippen LogP contribution < -0.4 is 21.1 Å². The molecule has 2 amide bonds. The van der Waals surface area contributed by atoms with Gasteiger partial charge in [-0.05, 0) is 39.3 Å². The molecule has 0 atom stereocenters. The highest BCUT2D eigenvalue weighted by molar-refractivity contribution is 5.95. The molecule has 0 saturated carbocycles. The topological polar surface area (TPSA) is 208 Å². The summed E-state index contributed by atoms with van der Waals surface area (Å²) in [6.07, 6.45) is 5.04. The van der Waals surface area contributed by atoms with Gasteiger partial charge >= 0.3 is 11.8 Å². The number of nitrogens with zero attached hydrogens (tertiary/aromatic N) is 5. The lowest BCUT2D eigenvalue weighted by Crippen LogP contribution is -2.50. The third-order valence-corrected chi connectivity index (χ3v) is 6.40. The number of hydrogen-bond donors (Lipinski definition) is 3. The minimum absolute atomic E-state index is 0.0628. The van der Waals surface area contributed by atoms with E-state index in [-0.39, 0.29) is 60.0 Å². The van der Waals surface area contributed by atoms with E-state index in [4.69, 9.17) is 15.2 Å². The van der Waals surface area contributed by atoms with E-state index in [2.05, 4.69) is 20.5 Å². The second-order valence-corrected chi connectivity index (χ2v) is 10.9. The van der Waals surface area contributed by atoms with Gasteiger partial charge in [-0.2, -0.15) is 0 Å². The molecule has 1 fully saturated rings. The molecular formula is C28H38N8O8. The van der Waals surface area contributed by atoms with Gasteiger partial charge in [-0.25, -0.2) is 9.78 Å². The van der Waals surface area contributed by atoms with Crippen LogP contribution in [-0.4, -0.2) is 94.7 Å². The second kappa shape index (κ2) is 15.5. The number of benzene rings is 1. The zero-order chi connectivity index (χ0) is 32.3. The van der Waals surface area contributed by atoms with Gasteiger partial charge in [0.25, 0.3) is 5.69 Å². The van der Waals surface area contributed by atoms with Gasteiger partial charge in [0.2, 0.25) is 11.7 Å². The lowest BCUT2D eigenvalue weighted by molar-refractivity contribution is -0.384. The molecule has 0 spiro atoms. The van der Waals surface area contributed by atoms with Crippen molar-refractivity contribution < 1.29 is 28.9 Å². The van der Waals surface area contributed by atoms with Gasteiger partial charge in [-0.3, -0.25) is 29.9 Å². The molecule has 4 N–H and O–H groups in total. The van der Waals surface area contributed by atoms with Gasteiger partial charge in [-0.15, -0.1) is 0 Å². The number of nitro benzene ring substituents is 1. The third kappa shape index (κ3) is 10.1. The van der Waals surface area contributed by atoms with Gasteiger partial charge in [0.15, 0.2) is 5.69 Å². The first kappa shape index (κ1) is 33.5. The molecule has 238 valence electrons. The zero-order valence-electron chi connectivity index (χ0n) is 25.0. The monoisotopic (exact) mass is 614 g/mol. The van der Waals surface area contributed by atoms with E-state index in [0.717, 1.165) is 6.07 Å². The molecule has 0 bridgehead atoms. The van der Waals surface area contributed by atoms with Gasteiger partial charge in [0.05, 0.1) is 16.5 Å². The number of rotatable bonds is 14. The predicted octanol–water partition coefficient (Wildman–Crippen LogP) is 3.40. The summed E-state index contributed by atoms with van der Waals surface area (Å²) in [5.74, 6) is -0.603. The number of nitrogens with one attached hydrogen (secondary N) is 2. The lowest BCUT2D eigenvalue weighted by Gasteiger charge is -2.35. The van der Waals surface area contributed by atoms with Crippen LogP contribution in [0.3, 0.4) is 0 Å². The van der Waals surface area contributed by atoms with E-state index >= 15 is 0 Å². The first-order valence-electron chi connectivity index (χ1n) is 14.0. The maximum absolute atomic E-state index is 12.3. The van der Waals surface area contributed by atoms with Gasteiger partial charge in [-0.1, -0.05) is 12.2 Å². The van der Waals surface area contributed by atoms with Crippen molar-refractivity contribution in [1.82, 2.24) is 14.8 Å². The molecule has 1 aromatic carbocycles. The number of anilines is 2. The van der Waals surface area contributed by atoms with Crippen LogP contribution in [-0.2, 0) is 4.74 Å². The van der Waals surface area contributed by atoms with Gasteiger partial charge in [0, 0.05) is 69.7 Å². The molecule has 1 saturated heterocycles. The number of piperazine rings is 1. The summed E-state index contributed by atoms with van der Waals surface area (Å²) in [6.45, 7) is 9.16. The van der Waals surface area contributed by atoms with Gasteiger partial charge < -0.3 is 30.7 Å². The van der Waals surface area contributed by atoms with Crippen LogP contribution in [0.2, 0.25) is 0 Å². The van der Waals surface area contributed by atoms with Crippen molar-refractivity contribution in [3.05, 3.63) is 68.4 Å². The highest BCUT2D eigenvalue weighted by Gasteiger charge is 2.26. The average molecular weight is 615 g/mol. The van der Waals surface area contributed by atoms with Crippen molar-refractivity contribution in [2.75, 3.05) is 63.1 Å². The predicted molar refractivity (Wildman–Crippen MR) is 163 cm³/mol. The Morgan fingerprint density at radius 2 is 1.70 bits per heavy atom. The molecule has 1 aliphatic heterocycles. The van der Waals surface area contributed by atoms with Crippen molar-refractivity contribution in [2.45, 2.75) is 32.8 Å². The minimum atomic E-state index is -0.832. The van der Waals surface area contributed by atoms with Crippen molar-refractivity contribution >= 4 is 34.9 Å². The third-order valence-electron chi connectivity index (χ3n) is 6.40. The fourth-order valence-corrected chi connectivity index (χ4v) is 4.29. The summed E-state index contributed by atoms with van der Waals surface area (Å²) >= 11 is 0. The van der Waals surface area contributed by atoms with Crippen LogP contribution >= 0.6 is 0 Å². The number of hydrogen-bond acceptors (Lipinski definition) is 12. The fourth-order valence-electron chi connectivity index (χ4n) is 4.29. The maximum Gasteiger partial charge on any atom is 0.410 e. The number of carbonyl (C=O) groups is 2. The Kier molecular flexibility index (Phi) is 11.8. The smallest absolute Gasteiger partial charge is 0.410 e. The maximum atomic E-state index is 12.3. The SMILES string of the molecule is CC(C)(C)OC(=O)N1CCN(CCCOc2cc(C(N)=O)cc([N+](=O)[O-])c2NC/C=C/CNc2ncccc2[N+](=O)[O-])CC1. The molecule has 0 aliphatic carbocycles. The Morgan fingerprint density at radius 3 is 2.32 bits per heavy atom. The quantitative estimate of drug-likeness (QED) is 0.121. The number of carbonyl (C=O) groups excluding carboxylic acids is 2. The number of aromatic nitrogens is 1. The van der Waals surface area contributed by atoms with Gasteiger partial charge in [0.1, 0.15) is 11.4 Å². The van der Waals surface area contributed by atoms with E-state index in [1.807, 2.05) is 20.8 Å². The summed E-state index contributed by atoms with van der Waals surface area (Å²) < 4.78 is 11.3. The average Bonchev–Trinajstić information content (AvgIpc) is 2.96. The lowest BCUT2D eigenvalue weighted by atomic mass is 10.1. The summed E-state index contributed by atoms with van der Waals surface area (Å²) in [5.41, 5.74) is 4.35. The Hall–Kier alpha value is -4.99.